The maximum atomic E-state index is 6.49. The largest absolute Gasteiger partial charge is 0.344 e. The molecular formula is C20H18Cl2N2. The number of fused-ring (bicyclic) bond motifs is 3. The van der Waals surface area contributed by atoms with Crippen LogP contribution in [0.25, 0.3) is 22.0 Å². The van der Waals surface area contributed by atoms with Crippen LogP contribution < -0.4 is 5.32 Å². The van der Waals surface area contributed by atoms with Crippen molar-refractivity contribution in [2.45, 2.75) is 32.4 Å². The Labute approximate surface area is 151 Å². The molecule has 0 aliphatic carbocycles. The molecule has 5 rings (SSSR count). The topological polar surface area (TPSA) is 17.0 Å². The van der Waals surface area contributed by atoms with E-state index in [2.05, 4.69) is 28.1 Å². The number of hydrogen-bond acceptors (Lipinski definition) is 1. The first-order valence-corrected chi connectivity index (χ1v) is 9.31. The number of rotatable bonds is 1. The van der Waals surface area contributed by atoms with E-state index >= 15 is 0 Å². The molecule has 0 amide bonds. The van der Waals surface area contributed by atoms with Gasteiger partial charge in [0.05, 0.1) is 15.6 Å². The number of aromatic nitrogens is 1. The van der Waals surface area contributed by atoms with Gasteiger partial charge in [-0.2, -0.15) is 0 Å². The highest BCUT2D eigenvalue weighted by Crippen LogP contribution is 2.40. The summed E-state index contributed by atoms with van der Waals surface area (Å²) in [7, 11) is 0. The second-order valence-corrected chi connectivity index (χ2v) is 7.53. The fourth-order valence-electron chi connectivity index (χ4n) is 4.35. The molecule has 0 saturated carbocycles. The standard InChI is InChI=1S/C20H18Cl2N2/c21-17-5-1-4-14(19(17)22)13-9-12-3-2-8-24-18-6-7-23-11-16(18)15(10-13)20(12)24/h1,4-5,9-10,23H,2-3,6-8,11H2. The minimum Gasteiger partial charge on any atom is -0.344 e. The van der Waals surface area contributed by atoms with Gasteiger partial charge in [0.15, 0.2) is 0 Å². The Morgan fingerprint density at radius 3 is 2.92 bits per heavy atom. The lowest BCUT2D eigenvalue weighted by molar-refractivity contribution is 0.568. The monoisotopic (exact) mass is 356 g/mol. The van der Waals surface area contributed by atoms with Crippen molar-refractivity contribution < 1.29 is 0 Å². The van der Waals surface area contributed by atoms with Crippen molar-refractivity contribution in [1.29, 1.82) is 0 Å². The molecule has 0 spiro atoms. The summed E-state index contributed by atoms with van der Waals surface area (Å²) in [6.07, 6.45) is 3.47. The Kier molecular flexibility index (Phi) is 3.41. The van der Waals surface area contributed by atoms with E-state index in [1.807, 2.05) is 12.1 Å². The van der Waals surface area contributed by atoms with Crippen LogP contribution in [-0.2, 0) is 25.9 Å². The Bertz CT molecular complexity index is 972. The van der Waals surface area contributed by atoms with Gasteiger partial charge in [0.25, 0.3) is 0 Å². The van der Waals surface area contributed by atoms with Gasteiger partial charge < -0.3 is 9.88 Å². The normalized spacial score (nSPS) is 16.4. The maximum absolute atomic E-state index is 6.49. The number of hydrogen-bond donors (Lipinski definition) is 1. The highest BCUT2D eigenvalue weighted by molar-refractivity contribution is 6.43. The SMILES string of the molecule is Clc1cccc(-c2cc3c4c(c2)c2c(n4CCC3)CCNC2)c1Cl. The van der Waals surface area contributed by atoms with Crippen molar-refractivity contribution in [2.24, 2.45) is 0 Å². The predicted octanol–water partition coefficient (Wildman–Crippen LogP) is 5.21. The van der Waals surface area contributed by atoms with Gasteiger partial charge in [-0.15, -0.1) is 0 Å². The minimum atomic E-state index is 0.615. The van der Waals surface area contributed by atoms with E-state index in [0.29, 0.717) is 10.0 Å². The molecule has 0 atom stereocenters. The molecule has 24 heavy (non-hydrogen) atoms. The molecule has 4 heteroatoms. The van der Waals surface area contributed by atoms with Crippen LogP contribution >= 0.6 is 23.2 Å². The lowest BCUT2D eigenvalue weighted by atomic mass is 9.95. The van der Waals surface area contributed by atoms with Crippen molar-refractivity contribution in [2.75, 3.05) is 6.54 Å². The van der Waals surface area contributed by atoms with Gasteiger partial charge in [0.2, 0.25) is 0 Å². The fraction of sp³-hybridized carbons (Fsp3) is 0.300. The number of halogens is 2. The number of benzene rings is 2. The van der Waals surface area contributed by atoms with Crippen LogP contribution in [0.15, 0.2) is 30.3 Å². The molecule has 2 aliphatic heterocycles. The average molecular weight is 357 g/mol. The first kappa shape index (κ1) is 14.8. The van der Waals surface area contributed by atoms with Crippen molar-refractivity contribution >= 4 is 34.1 Å². The van der Waals surface area contributed by atoms with Gasteiger partial charge in [-0.25, -0.2) is 0 Å². The molecule has 1 N–H and O–H groups in total. The molecule has 2 aliphatic rings. The maximum Gasteiger partial charge on any atom is 0.0670 e. The summed E-state index contributed by atoms with van der Waals surface area (Å²) in [6, 6.07) is 10.5. The predicted molar refractivity (Wildman–Crippen MR) is 101 cm³/mol. The third-order valence-electron chi connectivity index (χ3n) is 5.39. The Balaban J connectivity index is 1.83. The summed E-state index contributed by atoms with van der Waals surface area (Å²) in [5.41, 5.74) is 8.09. The molecule has 0 bridgehead atoms. The third kappa shape index (κ3) is 2.07. The summed E-state index contributed by atoms with van der Waals surface area (Å²) < 4.78 is 2.56. The number of nitrogens with one attached hydrogen (secondary N) is 1. The van der Waals surface area contributed by atoms with E-state index in [9.17, 15) is 0 Å². The van der Waals surface area contributed by atoms with Gasteiger partial charge in [0.1, 0.15) is 0 Å². The molecular weight excluding hydrogens is 339 g/mol. The molecule has 0 saturated heterocycles. The van der Waals surface area contributed by atoms with E-state index < -0.39 is 0 Å². The molecule has 0 fully saturated rings. The van der Waals surface area contributed by atoms with Crippen LogP contribution in [0.3, 0.4) is 0 Å². The van der Waals surface area contributed by atoms with Crippen LogP contribution in [0.1, 0.15) is 23.2 Å². The summed E-state index contributed by atoms with van der Waals surface area (Å²) in [6.45, 7) is 3.19. The van der Waals surface area contributed by atoms with E-state index in [1.54, 1.807) is 0 Å². The summed E-state index contributed by atoms with van der Waals surface area (Å²) in [5.74, 6) is 0. The number of nitrogens with zero attached hydrogens (tertiary/aromatic N) is 1. The quantitative estimate of drug-likeness (QED) is 0.633. The highest BCUT2D eigenvalue weighted by Gasteiger charge is 2.24. The summed E-state index contributed by atoms with van der Waals surface area (Å²) >= 11 is 12.7. The molecule has 0 unspecified atom stereocenters. The molecule has 3 heterocycles. The highest BCUT2D eigenvalue weighted by atomic mass is 35.5. The van der Waals surface area contributed by atoms with Crippen molar-refractivity contribution in [3.63, 3.8) is 0 Å². The van der Waals surface area contributed by atoms with Crippen molar-refractivity contribution in [3.05, 3.63) is 57.2 Å². The first-order chi connectivity index (χ1) is 11.7. The van der Waals surface area contributed by atoms with E-state index in [4.69, 9.17) is 23.2 Å². The van der Waals surface area contributed by atoms with Crippen LogP contribution in [0.5, 0.6) is 0 Å². The average Bonchev–Trinajstić information content (AvgIpc) is 2.94. The van der Waals surface area contributed by atoms with Gasteiger partial charge in [0, 0.05) is 42.7 Å². The van der Waals surface area contributed by atoms with Gasteiger partial charge in [-0.3, -0.25) is 0 Å². The zero-order chi connectivity index (χ0) is 16.3. The Morgan fingerprint density at radius 1 is 1.08 bits per heavy atom. The molecule has 3 aromatic rings. The molecule has 1 aromatic heterocycles. The van der Waals surface area contributed by atoms with Crippen LogP contribution in [0.4, 0.5) is 0 Å². The molecule has 2 aromatic carbocycles. The smallest absolute Gasteiger partial charge is 0.0670 e. The van der Waals surface area contributed by atoms with E-state index in [1.165, 1.54) is 39.7 Å². The minimum absolute atomic E-state index is 0.615. The zero-order valence-electron chi connectivity index (χ0n) is 13.3. The van der Waals surface area contributed by atoms with Crippen molar-refractivity contribution in [1.82, 2.24) is 9.88 Å². The van der Waals surface area contributed by atoms with E-state index in [0.717, 1.165) is 38.0 Å². The lowest BCUT2D eigenvalue weighted by Gasteiger charge is -2.20. The Hall–Kier alpha value is -1.48. The molecule has 122 valence electrons. The second-order valence-electron chi connectivity index (χ2n) is 6.74. The first-order valence-electron chi connectivity index (χ1n) is 8.56. The molecule has 0 radical (unpaired) electrons. The Morgan fingerprint density at radius 2 is 2.00 bits per heavy atom. The van der Waals surface area contributed by atoms with Crippen LogP contribution in [0.2, 0.25) is 10.0 Å². The zero-order valence-corrected chi connectivity index (χ0v) is 14.8. The lowest BCUT2D eigenvalue weighted by Crippen LogP contribution is -2.25. The van der Waals surface area contributed by atoms with Crippen molar-refractivity contribution in [3.8, 4) is 11.1 Å². The summed E-state index contributed by atoms with van der Waals surface area (Å²) in [5, 5.41) is 6.18. The van der Waals surface area contributed by atoms with Crippen LogP contribution in [-0.4, -0.2) is 11.1 Å². The summed E-state index contributed by atoms with van der Waals surface area (Å²) in [4.78, 5) is 0. The molecule has 2 nitrogen and oxygen atoms in total. The van der Waals surface area contributed by atoms with Gasteiger partial charge in [-0.05, 0) is 47.7 Å². The fourth-order valence-corrected chi connectivity index (χ4v) is 4.76. The van der Waals surface area contributed by atoms with Gasteiger partial charge >= 0.3 is 0 Å². The number of aryl methyl sites for hydroxylation is 2. The van der Waals surface area contributed by atoms with Crippen LogP contribution in [0, 0.1) is 0 Å². The third-order valence-corrected chi connectivity index (χ3v) is 6.21. The van der Waals surface area contributed by atoms with E-state index in [-0.39, 0.29) is 0 Å². The van der Waals surface area contributed by atoms with Gasteiger partial charge in [-0.1, -0.05) is 35.3 Å². The second kappa shape index (κ2) is 5.52.